The second-order valence-electron chi connectivity index (χ2n) is 4.29. The predicted molar refractivity (Wildman–Crippen MR) is 68.0 cm³/mol. The molecule has 0 saturated heterocycles. The summed E-state index contributed by atoms with van der Waals surface area (Å²) in [5.74, 6) is 0. The molecule has 0 radical (unpaired) electrons. The Labute approximate surface area is 99.1 Å². The molecule has 0 aliphatic carbocycles. The van der Waals surface area contributed by atoms with Crippen LogP contribution in [0.2, 0.25) is 0 Å². The first-order chi connectivity index (χ1) is 7.77. The summed E-state index contributed by atoms with van der Waals surface area (Å²) < 4.78 is 0. The maximum Gasteiger partial charge on any atom is 0.230 e. The molecule has 0 fully saturated rings. The van der Waals surface area contributed by atoms with E-state index in [0.29, 0.717) is 0 Å². The minimum absolute atomic E-state index is 0.395. The molecule has 0 amide bonds. The minimum Gasteiger partial charge on any atom is -0.259 e. The maximum absolute atomic E-state index is 9.98. The highest BCUT2D eigenvalue weighted by atomic mass is 16.6. The monoisotopic (exact) mass is 227 g/mol. The minimum atomic E-state index is -0.395. The molecule has 0 spiro atoms. The molecule has 0 unspecified atom stereocenters. The van der Waals surface area contributed by atoms with E-state index in [1.807, 2.05) is 0 Å². The first kappa shape index (κ1) is 15.1. The van der Waals surface area contributed by atoms with E-state index in [1.54, 1.807) is 6.08 Å². The van der Waals surface area contributed by atoms with Crippen LogP contribution in [-0.4, -0.2) is 4.92 Å². The van der Waals surface area contributed by atoms with Gasteiger partial charge in [0, 0.05) is 0 Å². The van der Waals surface area contributed by atoms with Gasteiger partial charge in [-0.1, -0.05) is 58.3 Å². The molecular weight excluding hydrogens is 202 g/mol. The van der Waals surface area contributed by atoms with E-state index in [2.05, 4.69) is 6.92 Å². The van der Waals surface area contributed by atoms with Crippen LogP contribution in [0.1, 0.15) is 71.1 Å². The normalized spacial score (nSPS) is 11.1. The zero-order valence-electron chi connectivity index (χ0n) is 10.5. The molecular formula is C13H25NO2. The van der Waals surface area contributed by atoms with Gasteiger partial charge in [0.15, 0.2) is 0 Å². The summed E-state index contributed by atoms with van der Waals surface area (Å²) in [7, 11) is 0. The molecule has 0 aliphatic rings. The Balaban J connectivity index is 3.01. The van der Waals surface area contributed by atoms with Crippen LogP contribution in [0.3, 0.4) is 0 Å². The first-order valence-electron chi connectivity index (χ1n) is 6.57. The molecule has 0 aliphatic heterocycles. The van der Waals surface area contributed by atoms with Gasteiger partial charge >= 0.3 is 0 Å². The summed E-state index contributed by atoms with van der Waals surface area (Å²) in [4.78, 5) is 9.58. The number of nitrogens with zero attached hydrogens (tertiary/aromatic N) is 1. The van der Waals surface area contributed by atoms with Crippen LogP contribution in [0.25, 0.3) is 0 Å². The fourth-order valence-electron chi connectivity index (χ4n) is 1.73. The summed E-state index contributed by atoms with van der Waals surface area (Å²) in [6.07, 6.45) is 15.2. The van der Waals surface area contributed by atoms with Crippen molar-refractivity contribution in [2.75, 3.05) is 0 Å². The molecule has 0 bridgehead atoms. The molecule has 16 heavy (non-hydrogen) atoms. The van der Waals surface area contributed by atoms with Gasteiger partial charge in [-0.15, -0.1) is 0 Å². The lowest BCUT2D eigenvalue weighted by Gasteiger charge is -2.00. The third kappa shape index (κ3) is 13.1. The molecule has 0 saturated carbocycles. The van der Waals surface area contributed by atoms with E-state index in [-0.39, 0.29) is 0 Å². The van der Waals surface area contributed by atoms with Crippen molar-refractivity contribution in [3.63, 3.8) is 0 Å². The highest BCUT2D eigenvalue weighted by molar-refractivity contribution is 4.71. The number of unbranched alkanes of at least 4 members (excludes halogenated alkanes) is 9. The van der Waals surface area contributed by atoms with Gasteiger partial charge in [-0.2, -0.15) is 0 Å². The molecule has 0 atom stereocenters. The predicted octanol–water partition coefficient (Wildman–Crippen LogP) is 4.70. The van der Waals surface area contributed by atoms with Crippen molar-refractivity contribution in [2.24, 2.45) is 0 Å². The smallest absolute Gasteiger partial charge is 0.230 e. The van der Waals surface area contributed by atoms with Crippen molar-refractivity contribution in [3.8, 4) is 0 Å². The van der Waals surface area contributed by atoms with Crippen LogP contribution >= 0.6 is 0 Å². The lowest BCUT2D eigenvalue weighted by molar-refractivity contribution is -0.402. The van der Waals surface area contributed by atoms with Crippen LogP contribution in [-0.2, 0) is 0 Å². The van der Waals surface area contributed by atoms with E-state index in [4.69, 9.17) is 0 Å². The SMILES string of the molecule is CCCCCCCCCCC/C=C/[N+](=O)[O-]. The van der Waals surface area contributed by atoms with Crippen molar-refractivity contribution in [2.45, 2.75) is 71.1 Å². The number of nitro groups is 1. The van der Waals surface area contributed by atoms with E-state index >= 15 is 0 Å². The van der Waals surface area contributed by atoms with Crippen LogP contribution in [0.15, 0.2) is 12.3 Å². The third-order valence-electron chi connectivity index (χ3n) is 2.70. The first-order valence-corrected chi connectivity index (χ1v) is 6.57. The number of rotatable bonds is 11. The molecule has 0 rings (SSSR count). The largest absolute Gasteiger partial charge is 0.259 e. The molecule has 0 aromatic rings. The Morgan fingerprint density at radius 2 is 1.44 bits per heavy atom. The van der Waals surface area contributed by atoms with Gasteiger partial charge in [-0.05, 0) is 18.9 Å². The van der Waals surface area contributed by atoms with Gasteiger partial charge < -0.3 is 0 Å². The lowest BCUT2D eigenvalue weighted by atomic mass is 10.1. The Morgan fingerprint density at radius 3 is 1.94 bits per heavy atom. The summed E-state index contributed by atoms with van der Waals surface area (Å²) in [5, 5.41) is 9.98. The second-order valence-corrected chi connectivity index (χ2v) is 4.29. The Kier molecular flexibility index (Phi) is 11.6. The molecule has 94 valence electrons. The highest BCUT2D eigenvalue weighted by Crippen LogP contribution is 2.10. The van der Waals surface area contributed by atoms with Crippen molar-refractivity contribution in [3.05, 3.63) is 22.4 Å². The molecule has 0 N–H and O–H groups in total. The van der Waals surface area contributed by atoms with Crippen molar-refractivity contribution in [1.82, 2.24) is 0 Å². The van der Waals surface area contributed by atoms with Crippen molar-refractivity contribution < 1.29 is 4.92 Å². The Bertz CT molecular complexity index is 190. The van der Waals surface area contributed by atoms with Gasteiger partial charge in [-0.25, -0.2) is 0 Å². The van der Waals surface area contributed by atoms with E-state index in [9.17, 15) is 10.1 Å². The van der Waals surface area contributed by atoms with Crippen molar-refractivity contribution in [1.29, 1.82) is 0 Å². The zero-order valence-corrected chi connectivity index (χ0v) is 10.5. The fourth-order valence-corrected chi connectivity index (χ4v) is 1.73. The molecule has 0 aromatic carbocycles. The standard InChI is InChI=1S/C13H25NO2/c1-2-3-4-5-6-7-8-9-10-11-12-13-14(15)16/h12-13H,2-11H2,1H3/b13-12+. The molecule has 3 heteroatoms. The Hall–Kier alpha value is -0.860. The van der Waals surface area contributed by atoms with Gasteiger partial charge in [0.05, 0.1) is 4.92 Å². The summed E-state index contributed by atoms with van der Waals surface area (Å²) in [5.41, 5.74) is 0. The maximum atomic E-state index is 9.98. The third-order valence-corrected chi connectivity index (χ3v) is 2.70. The Morgan fingerprint density at radius 1 is 0.938 bits per heavy atom. The molecule has 0 heterocycles. The fraction of sp³-hybridized carbons (Fsp3) is 0.846. The van der Waals surface area contributed by atoms with Gasteiger partial charge in [0.1, 0.15) is 0 Å². The van der Waals surface area contributed by atoms with Gasteiger partial charge in [0.25, 0.3) is 0 Å². The lowest BCUT2D eigenvalue weighted by Crippen LogP contribution is -1.83. The molecule has 3 nitrogen and oxygen atoms in total. The van der Waals surface area contributed by atoms with Gasteiger partial charge in [-0.3, -0.25) is 10.1 Å². The summed E-state index contributed by atoms with van der Waals surface area (Å²) >= 11 is 0. The molecule has 0 aromatic heterocycles. The van der Waals surface area contributed by atoms with E-state index < -0.39 is 4.92 Å². The van der Waals surface area contributed by atoms with Crippen LogP contribution in [0.5, 0.6) is 0 Å². The number of allylic oxidation sites excluding steroid dienone is 1. The zero-order chi connectivity index (χ0) is 12.1. The average molecular weight is 227 g/mol. The van der Waals surface area contributed by atoms with Crippen LogP contribution in [0, 0.1) is 10.1 Å². The highest BCUT2D eigenvalue weighted by Gasteiger charge is 1.91. The van der Waals surface area contributed by atoms with Crippen LogP contribution < -0.4 is 0 Å². The van der Waals surface area contributed by atoms with E-state index in [0.717, 1.165) is 19.0 Å². The topological polar surface area (TPSA) is 43.1 Å². The number of hydrogen-bond acceptors (Lipinski definition) is 2. The van der Waals surface area contributed by atoms with Crippen molar-refractivity contribution >= 4 is 0 Å². The van der Waals surface area contributed by atoms with E-state index in [1.165, 1.54) is 51.4 Å². The quantitative estimate of drug-likeness (QED) is 0.292. The number of hydrogen-bond donors (Lipinski definition) is 0. The summed E-state index contributed by atoms with van der Waals surface area (Å²) in [6, 6.07) is 0. The van der Waals surface area contributed by atoms with Crippen LogP contribution in [0.4, 0.5) is 0 Å². The average Bonchev–Trinajstić information content (AvgIpc) is 2.25. The summed E-state index contributed by atoms with van der Waals surface area (Å²) in [6.45, 7) is 2.23. The van der Waals surface area contributed by atoms with Gasteiger partial charge in [0.2, 0.25) is 6.20 Å². The second kappa shape index (κ2) is 12.2.